The number of aromatic amines is 1. The summed E-state index contributed by atoms with van der Waals surface area (Å²) in [6.07, 6.45) is 2.25. The molecular formula is C20H38N5O6PSi. The van der Waals surface area contributed by atoms with Crippen LogP contribution in [0.4, 0.5) is 5.82 Å². The van der Waals surface area contributed by atoms with E-state index in [0.717, 1.165) is 0 Å². The molecule has 0 aliphatic carbocycles. The molecule has 0 saturated carbocycles. The summed E-state index contributed by atoms with van der Waals surface area (Å²) in [5, 5.41) is -0.0241. The fourth-order valence-electron chi connectivity index (χ4n) is 2.98. The van der Waals surface area contributed by atoms with Gasteiger partial charge < -0.3 is 23.9 Å². The molecule has 3 N–H and O–H groups in total. The zero-order chi connectivity index (χ0) is 24.9. The quantitative estimate of drug-likeness (QED) is 0.233. The van der Waals surface area contributed by atoms with Crippen molar-refractivity contribution in [2.45, 2.75) is 71.8 Å². The molecule has 0 aliphatic rings. The number of H-pyrrole nitrogens is 1. The molecule has 2 rings (SSSR count). The highest BCUT2D eigenvalue weighted by Gasteiger charge is 2.40. The number of nitrogens with two attached hydrogens (primary N) is 1. The van der Waals surface area contributed by atoms with Gasteiger partial charge in [-0.15, -0.1) is 0 Å². The standard InChI is InChI=1S/C20H38N5O6PSi/c1-8-29-32(27,30-9-2)14-28-12-10-11-15(31-33(6,7)20(3,4)5)25-13-22-16-17(21)23-19(26)24-18(16)25/h13,15H,8-12,14H2,1-7H3,(H3,21,23,24,26). The maximum atomic E-state index is 12.6. The molecule has 11 nitrogen and oxygen atoms in total. The van der Waals surface area contributed by atoms with E-state index in [2.05, 4.69) is 48.8 Å². The van der Waals surface area contributed by atoms with Crippen LogP contribution in [0.2, 0.25) is 18.1 Å². The van der Waals surface area contributed by atoms with Gasteiger partial charge in [0, 0.05) is 6.61 Å². The Bertz CT molecular complexity index is 1010. The molecule has 0 saturated heterocycles. The average Bonchev–Trinajstić information content (AvgIpc) is 3.10. The summed E-state index contributed by atoms with van der Waals surface area (Å²) < 4.78 is 37.1. The van der Waals surface area contributed by atoms with Crippen LogP contribution < -0.4 is 11.4 Å². The molecule has 0 radical (unpaired) electrons. The Morgan fingerprint density at radius 1 is 1.24 bits per heavy atom. The van der Waals surface area contributed by atoms with Crippen molar-refractivity contribution in [2.24, 2.45) is 0 Å². The lowest BCUT2D eigenvalue weighted by Gasteiger charge is -2.39. The maximum absolute atomic E-state index is 12.6. The number of anilines is 1. The molecule has 33 heavy (non-hydrogen) atoms. The van der Waals surface area contributed by atoms with Crippen LogP contribution in [0.25, 0.3) is 11.2 Å². The summed E-state index contributed by atoms with van der Waals surface area (Å²) >= 11 is 0. The summed E-state index contributed by atoms with van der Waals surface area (Å²) in [5.74, 6) is 0.167. The van der Waals surface area contributed by atoms with Gasteiger partial charge in [-0.3, -0.25) is 14.1 Å². The van der Waals surface area contributed by atoms with Crippen molar-refractivity contribution in [3.8, 4) is 0 Å². The zero-order valence-electron chi connectivity index (χ0n) is 20.7. The van der Waals surface area contributed by atoms with Gasteiger partial charge in [0.2, 0.25) is 0 Å². The molecule has 0 spiro atoms. The molecule has 0 aromatic carbocycles. The van der Waals surface area contributed by atoms with E-state index in [0.29, 0.717) is 30.6 Å². The van der Waals surface area contributed by atoms with Gasteiger partial charge in [0.05, 0.1) is 19.5 Å². The lowest BCUT2D eigenvalue weighted by atomic mass is 10.2. The predicted molar refractivity (Wildman–Crippen MR) is 131 cm³/mol. The molecule has 0 fully saturated rings. The first-order chi connectivity index (χ1) is 15.3. The molecule has 2 heterocycles. The highest BCUT2D eigenvalue weighted by atomic mass is 31.2. The van der Waals surface area contributed by atoms with Crippen molar-refractivity contribution in [3.63, 3.8) is 0 Å². The number of nitrogens with one attached hydrogen (secondary N) is 1. The van der Waals surface area contributed by atoms with Crippen molar-refractivity contribution >= 4 is 32.9 Å². The molecule has 13 heteroatoms. The SMILES string of the molecule is CCOP(=O)(COCCCC(O[Si](C)(C)C(C)(C)C)n1cnc2c(N)[nH]c(=O)nc21)OCC. The van der Waals surface area contributed by atoms with Gasteiger partial charge in [0.25, 0.3) is 0 Å². The van der Waals surface area contributed by atoms with Gasteiger partial charge in [-0.1, -0.05) is 20.8 Å². The Labute approximate surface area is 196 Å². The summed E-state index contributed by atoms with van der Waals surface area (Å²) in [6, 6.07) is 0. The summed E-state index contributed by atoms with van der Waals surface area (Å²) in [6.45, 7) is 15.2. The number of nitrogen functional groups attached to an aromatic ring is 1. The maximum Gasteiger partial charge on any atom is 0.356 e. The van der Waals surface area contributed by atoms with Crippen LogP contribution >= 0.6 is 7.60 Å². The van der Waals surface area contributed by atoms with Gasteiger partial charge in [0.15, 0.2) is 14.0 Å². The Morgan fingerprint density at radius 2 is 1.88 bits per heavy atom. The van der Waals surface area contributed by atoms with E-state index in [-0.39, 0.29) is 30.4 Å². The minimum Gasteiger partial charge on any atom is -0.397 e. The average molecular weight is 504 g/mol. The van der Waals surface area contributed by atoms with Gasteiger partial charge in [0.1, 0.15) is 23.9 Å². The minimum atomic E-state index is -3.25. The van der Waals surface area contributed by atoms with Crippen LogP contribution in [0.5, 0.6) is 0 Å². The highest BCUT2D eigenvalue weighted by Crippen LogP contribution is 2.48. The van der Waals surface area contributed by atoms with Gasteiger partial charge in [-0.2, -0.15) is 4.98 Å². The molecule has 2 aromatic heterocycles. The molecule has 188 valence electrons. The van der Waals surface area contributed by atoms with E-state index in [9.17, 15) is 9.36 Å². The lowest BCUT2D eigenvalue weighted by molar-refractivity contribution is 0.0836. The zero-order valence-corrected chi connectivity index (χ0v) is 22.6. The number of rotatable bonds is 13. The van der Waals surface area contributed by atoms with Gasteiger partial charge in [-0.05, 0) is 44.8 Å². The van der Waals surface area contributed by atoms with Crippen LogP contribution in [0.1, 0.15) is 53.7 Å². The molecule has 1 unspecified atom stereocenters. The fourth-order valence-corrected chi connectivity index (χ4v) is 5.61. The molecule has 0 aliphatic heterocycles. The van der Waals surface area contributed by atoms with Crippen molar-refractivity contribution in [1.29, 1.82) is 0 Å². The Balaban J connectivity index is 2.18. The van der Waals surface area contributed by atoms with Crippen LogP contribution in [0.3, 0.4) is 0 Å². The lowest BCUT2D eigenvalue weighted by Crippen LogP contribution is -2.43. The first-order valence-electron chi connectivity index (χ1n) is 11.2. The topological polar surface area (TPSA) is 144 Å². The monoisotopic (exact) mass is 503 g/mol. The Morgan fingerprint density at radius 3 is 2.45 bits per heavy atom. The number of nitrogens with zero attached hydrogens (tertiary/aromatic N) is 3. The number of hydrogen-bond acceptors (Lipinski definition) is 9. The van der Waals surface area contributed by atoms with E-state index in [1.54, 1.807) is 24.7 Å². The normalized spacial score (nSPS) is 14.2. The van der Waals surface area contributed by atoms with Gasteiger partial charge in [-0.25, -0.2) is 9.78 Å². The third-order valence-electron chi connectivity index (χ3n) is 5.66. The second-order valence-electron chi connectivity index (χ2n) is 9.24. The molecule has 1 atom stereocenters. The number of imidazole rings is 1. The Hall–Kier alpha value is -1.56. The van der Waals surface area contributed by atoms with E-state index in [1.165, 1.54) is 0 Å². The van der Waals surface area contributed by atoms with Crippen LogP contribution in [0, 0.1) is 0 Å². The van der Waals surface area contributed by atoms with Crippen molar-refractivity contribution in [1.82, 2.24) is 19.5 Å². The molecule has 2 aromatic rings. The van der Waals surface area contributed by atoms with Crippen molar-refractivity contribution in [3.05, 3.63) is 16.8 Å². The summed E-state index contributed by atoms with van der Waals surface area (Å²) in [4.78, 5) is 22.8. The van der Waals surface area contributed by atoms with Crippen molar-refractivity contribution in [2.75, 3.05) is 31.9 Å². The van der Waals surface area contributed by atoms with Crippen LogP contribution in [-0.2, 0) is 22.8 Å². The van der Waals surface area contributed by atoms with Crippen molar-refractivity contribution < 1.29 is 22.8 Å². The molecule has 0 amide bonds. The first kappa shape index (κ1) is 27.7. The van der Waals surface area contributed by atoms with E-state index in [1.807, 2.05) is 0 Å². The summed E-state index contributed by atoms with van der Waals surface area (Å²) in [7, 11) is -5.43. The fraction of sp³-hybridized carbons (Fsp3) is 0.750. The summed E-state index contributed by atoms with van der Waals surface area (Å²) in [5.41, 5.74) is 6.17. The Kier molecular flexibility index (Phi) is 9.43. The largest absolute Gasteiger partial charge is 0.397 e. The smallest absolute Gasteiger partial charge is 0.356 e. The number of aromatic nitrogens is 4. The number of fused-ring (bicyclic) bond motifs is 1. The molecule has 0 bridgehead atoms. The van der Waals surface area contributed by atoms with E-state index >= 15 is 0 Å². The minimum absolute atomic E-state index is 0.0241. The third kappa shape index (κ3) is 7.21. The second-order valence-corrected chi connectivity index (χ2v) is 16.0. The van der Waals surface area contributed by atoms with Crippen LogP contribution in [-0.4, -0.2) is 54.0 Å². The predicted octanol–water partition coefficient (Wildman–Crippen LogP) is 4.24. The highest BCUT2D eigenvalue weighted by molar-refractivity contribution is 7.53. The second kappa shape index (κ2) is 11.2. The van der Waals surface area contributed by atoms with E-state index < -0.39 is 27.8 Å². The van der Waals surface area contributed by atoms with Gasteiger partial charge >= 0.3 is 13.3 Å². The molecular weight excluding hydrogens is 465 g/mol. The third-order valence-corrected chi connectivity index (χ3v) is 11.9. The van der Waals surface area contributed by atoms with Crippen LogP contribution in [0.15, 0.2) is 11.1 Å². The first-order valence-corrected chi connectivity index (χ1v) is 15.8. The van der Waals surface area contributed by atoms with E-state index in [4.69, 9.17) is 23.9 Å². The number of ether oxygens (including phenoxy) is 1. The number of hydrogen-bond donors (Lipinski definition) is 2.